The molecule has 1 aromatic heterocycles. The van der Waals surface area contributed by atoms with Gasteiger partial charge in [-0.05, 0) is 17.7 Å². The van der Waals surface area contributed by atoms with E-state index in [-0.39, 0.29) is 5.82 Å². The first-order valence-electron chi connectivity index (χ1n) is 6.52. The number of aromatic carboxylic acids is 1. The summed E-state index contributed by atoms with van der Waals surface area (Å²) >= 11 is 0. The number of aromatic nitrogens is 3. The number of carboxylic acid groups (broad SMARTS) is 1. The van der Waals surface area contributed by atoms with Gasteiger partial charge in [0.05, 0.1) is 5.69 Å². The third kappa shape index (κ3) is 2.81. The van der Waals surface area contributed by atoms with Gasteiger partial charge in [-0.1, -0.05) is 48.5 Å². The van der Waals surface area contributed by atoms with Crippen molar-refractivity contribution in [1.82, 2.24) is 14.8 Å². The normalized spacial score (nSPS) is 10.5. The summed E-state index contributed by atoms with van der Waals surface area (Å²) in [5.74, 6) is -0.714. The van der Waals surface area contributed by atoms with Crippen LogP contribution in [0.15, 0.2) is 60.7 Å². The van der Waals surface area contributed by atoms with Gasteiger partial charge in [-0.3, -0.25) is 0 Å². The molecule has 5 nitrogen and oxygen atoms in total. The number of carboxylic acids is 1. The Morgan fingerprint density at radius 2 is 1.62 bits per heavy atom. The van der Waals surface area contributed by atoms with E-state index in [4.69, 9.17) is 5.11 Å². The Labute approximate surface area is 121 Å². The molecule has 3 aromatic rings. The summed E-state index contributed by atoms with van der Waals surface area (Å²) in [7, 11) is 0. The van der Waals surface area contributed by atoms with E-state index in [9.17, 15) is 4.79 Å². The fourth-order valence-corrected chi connectivity index (χ4v) is 2.10. The number of nitrogens with zero attached hydrogens (tertiary/aromatic N) is 3. The van der Waals surface area contributed by atoms with Gasteiger partial charge >= 0.3 is 5.97 Å². The van der Waals surface area contributed by atoms with E-state index in [2.05, 4.69) is 10.1 Å². The lowest BCUT2D eigenvalue weighted by Crippen LogP contribution is -2.04. The Hall–Kier alpha value is -2.95. The largest absolute Gasteiger partial charge is 0.475 e. The number of rotatable bonds is 4. The summed E-state index contributed by atoms with van der Waals surface area (Å²) in [6.07, 6.45) is 0.524. The first-order valence-corrected chi connectivity index (χ1v) is 6.52. The smallest absolute Gasteiger partial charge is 0.375 e. The number of para-hydroxylation sites is 1. The minimum atomic E-state index is -1.13. The van der Waals surface area contributed by atoms with E-state index in [1.807, 2.05) is 60.7 Å². The summed E-state index contributed by atoms with van der Waals surface area (Å²) in [5.41, 5.74) is 1.85. The van der Waals surface area contributed by atoms with Crippen molar-refractivity contribution >= 4 is 5.97 Å². The van der Waals surface area contributed by atoms with Crippen LogP contribution in [-0.4, -0.2) is 25.8 Å². The average Bonchev–Trinajstić information content (AvgIpc) is 2.93. The van der Waals surface area contributed by atoms with E-state index in [0.717, 1.165) is 11.3 Å². The quantitative estimate of drug-likeness (QED) is 0.797. The molecule has 0 bridgehead atoms. The zero-order valence-corrected chi connectivity index (χ0v) is 11.2. The summed E-state index contributed by atoms with van der Waals surface area (Å²) in [4.78, 5) is 15.2. The van der Waals surface area contributed by atoms with Crippen LogP contribution in [-0.2, 0) is 6.42 Å². The standard InChI is InChI=1S/C16H13N3O2/c20-16(21)15-17-14(11-12-7-3-1-4-8-12)19(18-15)13-9-5-2-6-10-13/h1-10H,11H2,(H,20,21). The zero-order chi connectivity index (χ0) is 14.7. The monoisotopic (exact) mass is 279 g/mol. The predicted octanol–water partition coefficient (Wildman–Crippen LogP) is 2.56. The third-order valence-corrected chi connectivity index (χ3v) is 3.07. The molecule has 5 heteroatoms. The molecular weight excluding hydrogens is 266 g/mol. The number of carbonyl (C=O) groups is 1. The maximum absolute atomic E-state index is 11.1. The minimum Gasteiger partial charge on any atom is -0.475 e. The van der Waals surface area contributed by atoms with Gasteiger partial charge < -0.3 is 5.11 Å². The van der Waals surface area contributed by atoms with E-state index in [0.29, 0.717) is 12.2 Å². The van der Waals surface area contributed by atoms with E-state index in [1.54, 1.807) is 4.68 Å². The molecule has 2 aromatic carbocycles. The van der Waals surface area contributed by atoms with Gasteiger partial charge in [0.1, 0.15) is 5.82 Å². The number of hydrogen-bond donors (Lipinski definition) is 1. The molecule has 0 atom stereocenters. The Balaban J connectivity index is 2.04. The van der Waals surface area contributed by atoms with E-state index < -0.39 is 5.97 Å². The van der Waals surface area contributed by atoms with Crippen LogP contribution in [0.1, 0.15) is 22.0 Å². The average molecular weight is 279 g/mol. The second kappa shape index (κ2) is 5.58. The van der Waals surface area contributed by atoms with Crippen molar-refractivity contribution in [3.05, 3.63) is 77.9 Å². The Kier molecular flexibility index (Phi) is 3.47. The molecule has 0 amide bonds. The first-order chi connectivity index (χ1) is 10.2. The van der Waals surface area contributed by atoms with Gasteiger partial charge in [0.25, 0.3) is 5.82 Å². The Morgan fingerprint density at radius 1 is 1.00 bits per heavy atom. The molecule has 3 rings (SSSR count). The lowest BCUT2D eigenvalue weighted by Gasteiger charge is -2.05. The highest BCUT2D eigenvalue weighted by Gasteiger charge is 2.16. The summed E-state index contributed by atoms with van der Waals surface area (Å²) in [6.45, 7) is 0. The van der Waals surface area contributed by atoms with Crippen LogP contribution in [0.25, 0.3) is 5.69 Å². The van der Waals surface area contributed by atoms with Crippen LogP contribution >= 0.6 is 0 Å². The highest BCUT2D eigenvalue weighted by molar-refractivity contribution is 5.83. The topological polar surface area (TPSA) is 68.0 Å². The lowest BCUT2D eigenvalue weighted by molar-refractivity contribution is 0.0683. The minimum absolute atomic E-state index is 0.190. The van der Waals surface area contributed by atoms with Crippen LogP contribution in [0.4, 0.5) is 0 Å². The molecule has 104 valence electrons. The molecule has 0 unspecified atom stereocenters. The van der Waals surface area contributed by atoms with Crippen molar-refractivity contribution in [2.45, 2.75) is 6.42 Å². The van der Waals surface area contributed by atoms with Crippen LogP contribution in [0, 0.1) is 0 Å². The summed E-state index contributed by atoms with van der Waals surface area (Å²) in [6, 6.07) is 19.2. The van der Waals surface area contributed by atoms with Crippen molar-refractivity contribution in [2.24, 2.45) is 0 Å². The van der Waals surface area contributed by atoms with Crippen LogP contribution in [0.5, 0.6) is 0 Å². The highest BCUT2D eigenvalue weighted by atomic mass is 16.4. The van der Waals surface area contributed by atoms with Crippen LogP contribution in [0.2, 0.25) is 0 Å². The summed E-state index contributed by atoms with van der Waals surface area (Å²) in [5, 5.41) is 13.2. The maximum Gasteiger partial charge on any atom is 0.375 e. The van der Waals surface area contributed by atoms with Gasteiger partial charge in [0.2, 0.25) is 0 Å². The molecule has 0 spiro atoms. The van der Waals surface area contributed by atoms with Crippen LogP contribution in [0.3, 0.4) is 0 Å². The Bertz CT molecular complexity index is 752. The molecule has 0 radical (unpaired) electrons. The molecule has 0 fully saturated rings. The molecule has 0 aliphatic carbocycles. The van der Waals surface area contributed by atoms with E-state index >= 15 is 0 Å². The second-order valence-corrected chi connectivity index (χ2v) is 4.57. The van der Waals surface area contributed by atoms with Crippen molar-refractivity contribution in [3.63, 3.8) is 0 Å². The second-order valence-electron chi connectivity index (χ2n) is 4.57. The van der Waals surface area contributed by atoms with E-state index in [1.165, 1.54) is 0 Å². The molecule has 0 saturated carbocycles. The van der Waals surface area contributed by atoms with Crippen molar-refractivity contribution in [3.8, 4) is 5.69 Å². The molecule has 21 heavy (non-hydrogen) atoms. The lowest BCUT2D eigenvalue weighted by atomic mass is 10.1. The number of benzene rings is 2. The van der Waals surface area contributed by atoms with Gasteiger partial charge in [0.15, 0.2) is 0 Å². The van der Waals surface area contributed by atoms with Crippen molar-refractivity contribution in [1.29, 1.82) is 0 Å². The molecule has 0 aliphatic heterocycles. The maximum atomic E-state index is 11.1. The fourth-order valence-electron chi connectivity index (χ4n) is 2.10. The molecule has 0 aliphatic rings. The molecular formula is C16H13N3O2. The summed E-state index contributed by atoms with van der Waals surface area (Å²) < 4.78 is 1.58. The van der Waals surface area contributed by atoms with Gasteiger partial charge in [-0.25, -0.2) is 14.5 Å². The molecule has 0 saturated heterocycles. The molecule has 1 heterocycles. The predicted molar refractivity (Wildman–Crippen MR) is 77.6 cm³/mol. The highest BCUT2D eigenvalue weighted by Crippen LogP contribution is 2.13. The molecule has 1 N–H and O–H groups in total. The van der Waals surface area contributed by atoms with Crippen molar-refractivity contribution in [2.75, 3.05) is 0 Å². The van der Waals surface area contributed by atoms with Crippen molar-refractivity contribution < 1.29 is 9.90 Å². The zero-order valence-electron chi connectivity index (χ0n) is 11.2. The SMILES string of the molecule is O=C(O)c1nc(Cc2ccccc2)n(-c2ccccc2)n1. The van der Waals surface area contributed by atoms with Gasteiger partial charge in [-0.2, -0.15) is 0 Å². The van der Waals surface area contributed by atoms with Gasteiger partial charge in [0, 0.05) is 6.42 Å². The number of hydrogen-bond acceptors (Lipinski definition) is 3. The third-order valence-electron chi connectivity index (χ3n) is 3.07. The Morgan fingerprint density at radius 3 is 2.24 bits per heavy atom. The van der Waals surface area contributed by atoms with Gasteiger partial charge in [-0.15, -0.1) is 5.10 Å². The fraction of sp³-hybridized carbons (Fsp3) is 0.0625. The van der Waals surface area contributed by atoms with Crippen LogP contribution < -0.4 is 0 Å². The first kappa shape index (κ1) is 13.1.